The minimum atomic E-state index is -0.249. The highest BCUT2D eigenvalue weighted by Crippen LogP contribution is 2.31. The van der Waals surface area contributed by atoms with Crippen LogP contribution in [0.1, 0.15) is 18.9 Å². The molecule has 3 heterocycles. The van der Waals surface area contributed by atoms with Crippen LogP contribution in [0, 0.1) is 0 Å². The average molecular weight is 406 g/mol. The van der Waals surface area contributed by atoms with Gasteiger partial charge in [0.15, 0.2) is 11.5 Å². The first-order valence-corrected chi connectivity index (χ1v) is 9.99. The Morgan fingerprint density at radius 2 is 2.03 bits per heavy atom. The molecular weight excluding hydrogens is 380 g/mol. The summed E-state index contributed by atoms with van der Waals surface area (Å²) in [4.78, 5) is 22.5. The lowest BCUT2D eigenvalue weighted by Crippen LogP contribution is -2.44. The van der Waals surface area contributed by atoms with E-state index in [0.29, 0.717) is 17.2 Å². The van der Waals surface area contributed by atoms with Crippen LogP contribution in [0.15, 0.2) is 48.8 Å². The van der Waals surface area contributed by atoms with Gasteiger partial charge in [-0.05, 0) is 48.7 Å². The Morgan fingerprint density at radius 1 is 1.20 bits per heavy atom. The zero-order valence-corrected chi connectivity index (χ0v) is 17.4. The van der Waals surface area contributed by atoms with E-state index in [1.807, 2.05) is 25.4 Å². The molecular formula is C23H26N4O3. The van der Waals surface area contributed by atoms with Crippen LogP contribution in [0.3, 0.4) is 0 Å². The zero-order chi connectivity index (χ0) is 21.1. The van der Waals surface area contributed by atoms with Crippen LogP contribution >= 0.6 is 0 Å². The Hall–Kier alpha value is -3.32. The second-order valence-electron chi connectivity index (χ2n) is 7.31. The minimum Gasteiger partial charge on any atom is -0.493 e. The number of nitrogens with one attached hydrogen (secondary N) is 2. The van der Waals surface area contributed by atoms with Gasteiger partial charge in [-0.25, -0.2) is 4.98 Å². The fourth-order valence-corrected chi connectivity index (χ4v) is 3.85. The van der Waals surface area contributed by atoms with Crippen molar-refractivity contribution in [3.63, 3.8) is 0 Å². The lowest BCUT2D eigenvalue weighted by Gasteiger charge is -2.31. The van der Waals surface area contributed by atoms with E-state index in [1.54, 1.807) is 26.4 Å². The van der Waals surface area contributed by atoms with Crippen molar-refractivity contribution in [3.8, 4) is 11.5 Å². The Morgan fingerprint density at radius 3 is 2.77 bits per heavy atom. The van der Waals surface area contributed by atoms with Crippen LogP contribution in [0.25, 0.3) is 16.6 Å². The van der Waals surface area contributed by atoms with Crippen molar-refractivity contribution >= 4 is 28.2 Å². The summed E-state index contributed by atoms with van der Waals surface area (Å²) in [6, 6.07) is 9.23. The lowest BCUT2D eigenvalue weighted by molar-refractivity contribution is -0.120. The van der Waals surface area contributed by atoms with Gasteiger partial charge in [0, 0.05) is 42.6 Å². The third-order valence-corrected chi connectivity index (χ3v) is 5.62. The van der Waals surface area contributed by atoms with Crippen molar-refractivity contribution in [3.05, 3.63) is 54.4 Å². The second-order valence-corrected chi connectivity index (χ2v) is 7.31. The summed E-state index contributed by atoms with van der Waals surface area (Å²) in [6.07, 6.45) is 6.85. The summed E-state index contributed by atoms with van der Waals surface area (Å²) in [5.41, 5.74) is 4.09. The Labute approximate surface area is 175 Å². The van der Waals surface area contributed by atoms with Gasteiger partial charge in [0.25, 0.3) is 0 Å². The molecule has 1 aliphatic heterocycles. The molecule has 0 saturated carbocycles. The average Bonchev–Trinajstić information content (AvgIpc) is 3.27. The number of carbonyl (C=O) groups is 1. The summed E-state index contributed by atoms with van der Waals surface area (Å²) in [6.45, 7) is 3.48. The van der Waals surface area contributed by atoms with Gasteiger partial charge in [-0.15, -0.1) is 0 Å². The Bertz CT molecular complexity index is 1090. The number of rotatable bonds is 6. The molecule has 0 radical (unpaired) electrons. The molecule has 4 rings (SSSR count). The van der Waals surface area contributed by atoms with Crippen molar-refractivity contribution < 1.29 is 14.3 Å². The number of fused-ring (bicyclic) bond motifs is 1. The standard InChI is InChI=1S/C23H26N4O3/c1-15(23(28)26-17-4-5-20(29-2)21(14-17)30-3)27-12-8-16(9-13-27)18-6-10-24-22-19(18)7-11-25-22/h4-8,10-11,14-15H,9,12-13H2,1-3H3,(H,24,25)(H,26,28)/t15-/m0/s1. The fraction of sp³-hybridized carbons (Fsp3) is 0.304. The van der Waals surface area contributed by atoms with Gasteiger partial charge in [0.2, 0.25) is 5.91 Å². The molecule has 0 unspecified atom stereocenters. The topological polar surface area (TPSA) is 79.5 Å². The van der Waals surface area contributed by atoms with Crippen molar-refractivity contribution in [1.82, 2.24) is 14.9 Å². The van der Waals surface area contributed by atoms with Crippen LogP contribution in [0.4, 0.5) is 5.69 Å². The van der Waals surface area contributed by atoms with Crippen LogP contribution in [0.2, 0.25) is 0 Å². The lowest BCUT2D eigenvalue weighted by atomic mass is 9.97. The molecule has 1 aromatic carbocycles. The summed E-state index contributed by atoms with van der Waals surface area (Å²) >= 11 is 0. The molecule has 0 saturated heterocycles. The molecule has 2 N–H and O–H groups in total. The molecule has 1 amide bonds. The van der Waals surface area contributed by atoms with Gasteiger partial charge < -0.3 is 19.8 Å². The number of methoxy groups -OCH3 is 2. The van der Waals surface area contributed by atoms with Crippen LogP contribution in [0.5, 0.6) is 11.5 Å². The highest BCUT2D eigenvalue weighted by Gasteiger charge is 2.24. The maximum Gasteiger partial charge on any atom is 0.241 e. The second kappa shape index (κ2) is 8.59. The van der Waals surface area contributed by atoms with E-state index in [9.17, 15) is 4.79 Å². The molecule has 0 fully saturated rings. The molecule has 0 bridgehead atoms. The van der Waals surface area contributed by atoms with Crippen molar-refractivity contribution in [2.24, 2.45) is 0 Å². The number of nitrogens with zero attached hydrogens (tertiary/aromatic N) is 2. The van der Waals surface area contributed by atoms with Crippen molar-refractivity contribution in [2.45, 2.75) is 19.4 Å². The number of pyridine rings is 1. The van der Waals surface area contributed by atoms with Gasteiger partial charge in [0.1, 0.15) is 5.65 Å². The summed E-state index contributed by atoms with van der Waals surface area (Å²) < 4.78 is 10.6. The van der Waals surface area contributed by atoms with E-state index in [0.717, 1.165) is 30.5 Å². The number of aromatic nitrogens is 2. The monoisotopic (exact) mass is 406 g/mol. The van der Waals surface area contributed by atoms with E-state index < -0.39 is 0 Å². The summed E-state index contributed by atoms with van der Waals surface area (Å²) in [5, 5.41) is 4.11. The van der Waals surface area contributed by atoms with E-state index in [4.69, 9.17) is 9.47 Å². The number of hydrogen-bond donors (Lipinski definition) is 2. The number of ether oxygens (including phenoxy) is 2. The van der Waals surface area contributed by atoms with E-state index in [-0.39, 0.29) is 11.9 Å². The van der Waals surface area contributed by atoms with Gasteiger partial charge in [-0.3, -0.25) is 9.69 Å². The van der Waals surface area contributed by atoms with Gasteiger partial charge >= 0.3 is 0 Å². The van der Waals surface area contributed by atoms with Gasteiger partial charge in [0.05, 0.1) is 20.3 Å². The van der Waals surface area contributed by atoms with E-state index in [1.165, 1.54) is 11.1 Å². The highest BCUT2D eigenvalue weighted by atomic mass is 16.5. The molecule has 7 nitrogen and oxygen atoms in total. The van der Waals surface area contributed by atoms with Crippen molar-refractivity contribution in [1.29, 1.82) is 0 Å². The first kappa shape index (κ1) is 20.0. The predicted molar refractivity (Wildman–Crippen MR) is 118 cm³/mol. The number of carbonyl (C=O) groups excluding carboxylic acids is 1. The molecule has 0 aliphatic carbocycles. The maximum absolute atomic E-state index is 12.8. The van der Waals surface area contributed by atoms with Crippen molar-refractivity contribution in [2.75, 3.05) is 32.6 Å². The molecule has 1 aliphatic rings. The Balaban J connectivity index is 1.43. The van der Waals surface area contributed by atoms with Gasteiger partial charge in [-0.1, -0.05) is 6.08 Å². The SMILES string of the molecule is COc1ccc(NC(=O)[C@H](C)N2CC=C(c3ccnc4[nH]ccc34)CC2)cc1OC. The number of anilines is 1. The number of benzene rings is 1. The van der Waals surface area contributed by atoms with Crippen LogP contribution in [-0.4, -0.2) is 54.1 Å². The number of H-pyrrole nitrogens is 1. The fourth-order valence-electron chi connectivity index (χ4n) is 3.85. The molecule has 7 heteroatoms. The molecule has 156 valence electrons. The maximum atomic E-state index is 12.8. The molecule has 3 aromatic rings. The minimum absolute atomic E-state index is 0.0454. The van der Waals surface area contributed by atoms with E-state index >= 15 is 0 Å². The summed E-state index contributed by atoms with van der Waals surface area (Å²) in [7, 11) is 3.16. The summed E-state index contributed by atoms with van der Waals surface area (Å²) in [5.74, 6) is 1.17. The first-order valence-electron chi connectivity index (χ1n) is 9.99. The molecule has 0 spiro atoms. The van der Waals surface area contributed by atoms with E-state index in [2.05, 4.69) is 38.4 Å². The molecule has 30 heavy (non-hydrogen) atoms. The molecule has 2 aromatic heterocycles. The number of amides is 1. The Kier molecular flexibility index (Phi) is 5.72. The highest BCUT2D eigenvalue weighted by molar-refractivity contribution is 5.95. The van der Waals surface area contributed by atoms with Gasteiger partial charge in [-0.2, -0.15) is 0 Å². The largest absolute Gasteiger partial charge is 0.493 e. The third kappa shape index (κ3) is 3.89. The quantitative estimate of drug-likeness (QED) is 0.653. The van der Waals surface area contributed by atoms with Crippen LogP contribution in [-0.2, 0) is 4.79 Å². The predicted octanol–water partition coefficient (Wildman–Crippen LogP) is 3.70. The first-order chi connectivity index (χ1) is 14.6. The number of aromatic amines is 1. The third-order valence-electron chi connectivity index (χ3n) is 5.62. The zero-order valence-electron chi connectivity index (χ0n) is 17.4. The normalized spacial score (nSPS) is 15.5. The smallest absolute Gasteiger partial charge is 0.241 e. The molecule has 1 atom stereocenters. The number of hydrogen-bond acceptors (Lipinski definition) is 5. The van der Waals surface area contributed by atoms with Crippen LogP contribution < -0.4 is 14.8 Å².